The summed E-state index contributed by atoms with van der Waals surface area (Å²) in [5.74, 6) is 6.15. The van der Waals surface area contributed by atoms with Crippen LogP contribution < -0.4 is 16.6 Å². The molecular weight excluding hydrogens is 386 g/mol. The number of hydrogen-bond acceptors (Lipinski definition) is 7. The van der Waals surface area contributed by atoms with Crippen LogP contribution in [0.1, 0.15) is 5.56 Å². The number of nitrogens with one attached hydrogen (secondary N) is 2. The molecule has 4 N–H and O–H groups in total. The molecule has 0 unspecified atom stereocenters. The normalized spacial score (nSPS) is 10.9. The highest BCUT2D eigenvalue weighted by Gasteiger charge is 2.12. The summed E-state index contributed by atoms with van der Waals surface area (Å²) in [6.07, 6.45) is 1.55. The molecule has 138 valence electrons. The number of amides is 1. The van der Waals surface area contributed by atoms with Gasteiger partial charge in [0, 0.05) is 16.3 Å². The summed E-state index contributed by atoms with van der Waals surface area (Å²) in [6, 6.07) is 16.5. The summed E-state index contributed by atoms with van der Waals surface area (Å²) in [7, 11) is 0. The van der Waals surface area contributed by atoms with E-state index in [1.54, 1.807) is 12.3 Å². The Morgan fingerprint density at radius 1 is 1.19 bits per heavy atom. The zero-order valence-corrected chi connectivity index (χ0v) is 15.6. The van der Waals surface area contributed by atoms with Crippen molar-refractivity contribution in [2.75, 3.05) is 22.3 Å². The fourth-order valence-electron chi connectivity index (χ4n) is 2.04. The highest BCUT2D eigenvalue weighted by molar-refractivity contribution is 7.99. The number of hydrazone groups is 1. The second-order valence-corrected chi connectivity index (χ2v) is 6.62. The number of benzene rings is 2. The van der Waals surface area contributed by atoms with Gasteiger partial charge in [0.1, 0.15) is 0 Å². The number of nitrogens with two attached hydrogens (primary N) is 1. The summed E-state index contributed by atoms with van der Waals surface area (Å²) in [4.78, 5) is 12.0. The maximum Gasteiger partial charge on any atom is 0.264 e. The smallest absolute Gasteiger partial charge is 0.264 e. The van der Waals surface area contributed by atoms with Gasteiger partial charge in [-0.25, -0.2) is 10.1 Å². The molecule has 8 nitrogen and oxygen atoms in total. The number of carbonyl (C=O) groups is 1. The lowest BCUT2D eigenvalue weighted by Gasteiger charge is -2.05. The summed E-state index contributed by atoms with van der Waals surface area (Å²) >= 11 is 7.22. The number of rotatable bonds is 7. The second kappa shape index (κ2) is 9.06. The van der Waals surface area contributed by atoms with Gasteiger partial charge in [0.2, 0.25) is 11.1 Å². The fraction of sp³-hybridized carbons (Fsp3) is 0.0588. The molecule has 0 saturated carbocycles. The Kier molecular flexibility index (Phi) is 6.29. The van der Waals surface area contributed by atoms with E-state index in [9.17, 15) is 4.79 Å². The first-order chi connectivity index (χ1) is 13.1. The quantitative estimate of drug-likeness (QED) is 0.243. The lowest BCUT2D eigenvalue weighted by Crippen LogP contribution is -2.16. The van der Waals surface area contributed by atoms with Crippen molar-refractivity contribution in [3.63, 3.8) is 0 Å². The molecule has 0 radical (unpaired) electrons. The van der Waals surface area contributed by atoms with Gasteiger partial charge in [0.25, 0.3) is 5.95 Å². The van der Waals surface area contributed by atoms with E-state index in [1.807, 2.05) is 48.5 Å². The minimum atomic E-state index is -0.166. The van der Waals surface area contributed by atoms with Gasteiger partial charge in [-0.1, -0.05) is 59.8 Å². The number of para-hydroxylation sites is 1. The van der Waals surface area contributed by atoms with Crippen molar-refractivity contribution in [1.82, 2.24) is 14.9 Å². The molecule has 1 amide bonds. The topological polar surface area (TPSA) is 110 Å². The molecule has 0 spiro atoms. The molecule has 27 heavy (non-hydrogen) atoms. The van der Waals surface area contributed by atoms with Gasteiger partial charge in [-0.15, -0.1) is 10.2 Å². The molecule has 2 aromatic carbocycles. The van der Waals surface area contributed by atoms with Crippen LogP contribution in [0.25, 0.3) is 0 Å². The van der Waals surface area contributed by atoms with Gasteiger partial charge < -0.3 is 11.2 Å². The molecule has 0 saturated heterocycles. The van der Waals surface area contributed by atoms with Crippen molar-refractivity contribution in [3.05, 3.63) is 65.2 Å². The molecule has 0 bridgehead atoms. The van der Waals surface area contributed by atoms with Crippen molar-refractivity contribution in [1.29, 1.82) is 0 Å². The molecule has 1 heterocycles. The summed E-state index contributed by atoms with van der Waals surface area (Å²) in [5.41, 5.74) is 4.18. The second-order valence-electron chi connectivity index (χ2n) is 5.27. The Bertz CT molecular complexity index is 945. The van der Waals surface area contributed by atoms with Crippen LogP contribution in [-0.2, 0) is 4.79 Å². The molecule has 0 atom stereocenters. The molecule has 0 aliphatic heterocycles. The van der Waals surface area contributed by atoms with E-state index in [4.69, 9.17) is 17.4 Å². The Hall–Kier alpha value is -3.04. The molecule has 1 aromatic heterocycles. The Morgan fingerprint density at radius 3 is 2.70 bits per heavy atom. The van der Waals surface area contributed by atoms with E-state index in [2.05, 4.69) is 26.0 Å². The number of nitrogens with zero attached hydrogens (tertiary/aromatic N) is 4. The maximum atomic E-state index is 12.0. The van der Waals surface area contributed by atoms with Gasteiger partial charge >= 0.3 is 0 Å². The average molecular weight is 402 g/mol. The van der Waals surface area contributed by atoms with Crippen LogP contribution in [0.5, 0.6) is 0 Å². The third kappa shape index (κ3) is 5.22. The van der Waals surface area contributed by atoms with E-state index in [1.165, 1.54) is 16.4 Å². The van der Waals surface area contributed by atoms with Crippen LogP contribution in [0.4, 0.5) is 11.6 Å². The third-order valence-corrected chi connectivity index (χ3v) is 4.62. The predicted octanol–water partition coefficient (Wildman–Crippen LogP) is 2.82. The fourth-order valence-corrected chi connectivity index (χ4v) is 2.88. The van der Waals surface area contributed by atoms with E-state index in [-0.39, 0.29) is 17.6 Å². The minimum Gasteiger partial charge on any atom is -0.334 e. The first-order valence-electron chi connectivity index (χ1n) is 7.85. The number of halogens is 1. The Balaban J connectivity index is 1.54. The van der Waals surface area contributed by atoms with Crippen LogP contribution in [0.15, 0.2) is 64.9 Å². The summed E-state index contributed by atoms with van der Waals surface area (Å²) in [5, 5.41) is 15.7. The summed E-state index contributed by atoms with van der Waals surface area (Å²) < 4.78 is 1.23. The van der Waals surface area contributed by atoms with Gasteiger partial charge in [0.05, 0.1) is 12.0 Å². The molecular formula is C17H16ClN7OS. The number of aromatic nitrogens is 3. The summed E-state index contributed by atoms with van der Waals surface area (Å²) in [6.45, 7) is 0. The molecule has 10 heteroatoms. The third-order valence-electron chi connectivity index (χ3n) is 3.33. The molecule has 0 fully saturated rings. The van der Waals surface area contributed by atoms with Crippen molar-refractivity contribution < 1.29 is 4.79 Å². The lowest BCUT2D eigenvalue weighted by atomic mass is 10.2. The Labute approximate surface area is 164 Å². The molecule has 0 aliphatic carbocycles. The Morgan fingerprint density at radius 2 is 1.93 bits per heavy atom. The van der Waals surface area contributed by atoms with Crippen LogP contribution in [-0.4, -0.2) is 32.7 Å². The predicted molar refractivity (Wildman–Crippen MR) is 109 cm³/mol. The molecule has 3 rings (SSSR count). The van der Waals surface area contributed by atoms with Crippen LogP contribution >= 0.6 is 23.4 Å². The van der Waals surface area contributed by atoms with E-state index in [0.29, 0.717) is 10.2 Å². The van der Waals surface area contributed by atoms with Gasteiger partial charge in [0.15, 0.2) is 0 Å². The highest BCUT2D eigenvalue weighted by Crippen LogP contribution is 2.17. The van der Waals surface area contributed by atoms with E-state index in [0.717, 1.165) is 11.3 Å². The zero-order chi connectivity index (χ0) is 19.1. The number of carbonyl (C=O) groups excluding carboxylic acids is 1. The van der Waals surface area contributed by atoms with Crippen molar-refractivity contribution in [3.8, 4) is 0 Å². The number of anilines is 2. The van der Waals surface area contributed by atoms with Crippen LogP contribution in [0.2, 0.25) is 5.02 Å². The molecule has 0 aliphatic rings. The van der Waals surface area contributed by atoms with Crippen molar-refractivity contribution in [2.24, 2.45) is 5.10 Å². The van der Waals surface area contributed by atoms with Gasteiger partial charge in [-0.2, -0.15) is 5.10 Å². The largest absolute Gasteiger partial charge is 0.334 e. The first-order valence-corrected chi connectivity index (χ1v) is 9.21. The zero-order valence-electron chi connectivity index (χ0n) is 14.0. The van der Waals surface area contributed by atoms with Crippen molar-refractivity contribution >= 4 is 47.1 Å². The maximum absolute atomic E-state index is 12.0. The van der Waals surface area contributed by atoms with Crippen molar-refractivity contribution in [2.45, 2.75) is 5.16 Å². The van der Waals surface area contributed by atoms with Gasteiger partial charge in [-0.05, 0) is 18.2 Å². The first kappa shape index (κ1) is 18.7. The minimum absolute atomic E-state index is 0.146. The van der Waals surface area contributed by atoms with Crippen LogP contribution in [0, 0.1) is 0 Å². The monoisotopic (exact) mass is 401 g/mol. The average Bonchev–Trinajstić information content (AvgIpc) is 3.02. The molecule has 3 aromatic rings. The SMILES string of the molecule is Nn1c(N/N=C/c2ccccc2Cl)nnc1SCC(=O)Nc1ccccc1. The lowest BCUT2D eigenvalue weighted by molar-refractivity contribution is -0.113. The van der Waals surface area contributed by atoms with Gasteiger partial charge in [-0.3, -0.25) is 4.79 Å². The van der Waals surface area contributed by atoms with Crippen LogP contribution in [0.3, 0.4) is 0 Å². The highest BCUT2D eigenvalue weighted by atomic mass is 35.5. The number of nitrogen functional groups attached to an aromatic ring is 1. The number of hydrogen-bond donors (Lipinski definition) is 3. The van der Waals surface area contributed by atoms with E-state index >= 15 is 0 Å². The number of thioether (sulfide) groups is 1. The van der Waals surface area contributed by atoms with E-state index < -0.39 is 0 Å². The standard InChI is InChI=1S/C17H16ClN7OS/c18-14-9-5-4-6-12(14)10-20-22-16-23-24-17(25(16)19)27-11-15(26)21-13-7-2-1-3-8-13/h1-10H,11,19H2,(H,21,26)(H,22,23)/b20-10+.